The quantitative estimate of drug-likeness (QED) is 0.161. The molecule has 1 heterocycles. The van der Waals surface area contributed by atoms with E-state index in [1.165, 1.54) is 6.42 Å². The fraction of sp³-hybridized carbons (Fsp3) is 0.400. The third-order valence-electron chi connectivity index (χ3n) is 9.40. The maximum absolute atomic E-state index is 7.01. The van der Waals surface area contributed by atoms with Gasteiger partial charge in [0.05, 0.1) is 26.4 Å². The van der Waals surface area contributed by atoms with Crippen LogP contribution < -0.4 is 0 Å². The normalized spacial score (nSPS) is 27.0. The van der Waals surface area contributed by atoms with Gasteiger partial charge in [0.25, 0.3) is 0 Å². The van der Waals surface area contributed by atoms with Gasteiger partial charge in [-0.05, 0) is 35.1 Å². The fourth-order valence-corrected chi connectivity index (χ4v) is 7.07. The van der Waals surface area contributed by atoms with E-state index in [4.69, 9.17) is 28.4 Å². The minimum Gasteiger partial charge on any atom is -0.368 e. The predicted octanol–water partition coefficient (Wildman–Crippen LogP) is 7.79. The molecule has 7 rings (SSSR count). The molecule has 3 fully saturated rings. The maximum Gasteiger partial charge on any atom is 0.169 e. The van der Waals surface area contributed by atoms with Crippen LogP contribution in [0.2, 0.25) is 0 Å². The molecule has 4 aromatic carbocycles. The van der Waals surface area contributed by atoms with Gasteiger partial charge in [0.1, 0.15) is 36.6 Å². The molecule has 1 aliphatic heterocycles. The monoisotopic (exact) mass is 620 g/mol. The van der Waals surface area contributed by atoms with Crippen LogP contribution in [0.5, 0.6) is 0 Å². The molecule has 6 heteroatoms. The summed E-state index contributed by atoms with van der Waals surface area (Å²) in [5, 5.41) is 0. The van der Waals surface area contributed by atoms with Crippen LogP contribution in [0.15, 0.2) is 121 Å². The molecular weight excluding hydrogens is 576 g/mol. The zero-order chi connectivity index (χ0) is 31.0. The second-order valence-corrected chi connectivity index (χ2v) is 12.7. The Hall–Kier alpha value is -3.36. The largest absolute Gasteiger partial charge is 0.368 e. The molecule has 2 aliphatic carbocycles. The maximum atomic E-state index is 7.01. The van der Waals surface area contributed by atoms with E-state index in [-0.39, 0.29) is 12.2 Å². The van der Waals surface area contributed by atoms with Crippen molar-refractivity contribution < 1.29 is 28.4 Å². The van der Waals surface area contributed by atoms with Gasteiger partial charge in [-0.2, -0.15) is 0 Å². The Bertz CT molecular complexity index is 1350. The van der Waals surface area contributed by atoms with E-state index >= 15 is 0 Å². The molecule has 6 nitrogen and oxygen atoms in total. The number of fused-ring (bicyclic) bond motifs is 1. The average molecular weight is 621 g/mol. The van der Waals surface area contributed by atoms with Crippen LogP contribution in [0.1, 0.15) is 54.4 Å². The summed E-state index contributed by atoms with van der Waals surface area (Å²) < 4.78 is 41.5. The zero-order valence-electron chi connectivity index (χ0n) is 26.3. The van der Waals surface area contributed by atoms with E-state index in [9.17, 15) is 0 Å². The molecule has 0 N–H and O–H groups in total. The Morgan fingerprint density at radius 2 is 0.717 bits per heavy atom. The molecule has 3 aliphatic rings. The summed E-state index contributed by atoms with van der Waals surface area (Å²) in [4.78, 5) is 0. The smallest absolute Gasteiger partial charge is 0.169 e. The summed E-state index contributed by atoms with van der Waals surface area (Å²) in [6.07, 6.45) is 2.49. The zero-order valence-corrected chi connectivity index (χ0v) is 26.3. The molecule has 0 radical (unpaired) electrons. The molecule has 4 aromatic rings. The van der Waals surface area contributed by atoms with Gasteiger partial charge < -0.3 is 28.4 Å². The van der Waals surface area contributed by atoms with Gasteiger partial charge in [-0.3, -0.25) is 0 Å². The lowest BCUT2D eigenvalue weighted by Crippen LogP contribution is -2.65. The third kappa shape index (κ3) is 7.44. The van der Waals surface area contributed by atoms with Crippen LogP contribution in [-0.4, -0.2) is 42.4 Å². The van der Waals surface area contributed by atoms with Gasteiger partial charge in [-0.1, -0.05) is 128 Å². The van der Waals surface area contributed by atoms with E-state index in [1.54, 1.807) is 0 Å². The second kappa shape index (κ2) is 15.0. The number of benzene rings is 4. The minimum atomic E-state index is -0.644. The van der Waals surface area contributed by atoms with Crippen molar-refractivity contribution in [2.24, 2.45) is 0 Å². The molecule has 0 bridgehead atoms. The third-order valence-corrected chi connectivity index (χ3v) is 9.40. The molecule has 1 saturated heterocycles. The lowest BCUT2D eigenvalue weighted by atomic mass is 9.84. The summed E-state index contributed by atoms with van der Waals surface area (Å²) >= 11 is 0. The summed E-state index contributed by atoms with van der Waals surface area (Å²) in [5.74, 6) is -0.644. The van der Waals surface area contributed by atoms with Crippen molar-refractivity contribution in [3.05, 3.63) is 144 Å². The number of hydrogen-bond acceptors (Lipinski definition) is 6. The van der Waals surface area contributed by atoms with E-state index in [1.807, 2.05) is 72.8 Å². The highest BCUT2D eigenvalue weighted by molar-refractivity contribution is 5.18. The van der Waals surface area contributed by atoms with Crippen molar-refractivity contribution in [3.63, 3.8) is 0 Å². The summed E-state index contributed by atoms with van der Waals surface area (Å²) in [5.41, 5.74) is 4.36. The summed E-state index contributed by atoms with van der Waals surface area (Å²) in [6.45, 7) is 1.68. The molecule has 0 aromatic heterocycles. The van der Waals surface area contributed by atoms with Gasteiger partial charge >= 0.3 is 0 Å². The van der Waals surface area contributed by atoms with Gasteiger partial charge in [0.15, 0.2) is 5.79 Å². The molecule has 1 spiro atoms. The van der Waals surface area contributed by atoms with Crippen molar-refractivity contribution in [2.45, 2.75) is 101 Å². The molecule has 240 valence electrons. The minimum absolute atomic E-state index is 0.375. The van der Waals surface area contributed by atoms with Crippen LogP contribution in [-0.2, 0) is 54.8 Å². The average Bonchev–Trinajstić information content (AvgIpc) is 3.48. The lowest BCUT2D eigenvalue weighted by molar-refractivity contribution is -0.252. The highest BCUT2D eigenvalue weighted by atomic mass is 16.8. The van der Waals surface area contributed by atoms with Gasteiger partial charge in [-0.25, -0.2) is 0 Å². The van der Waals surface area contributed by atoms with Crippen LogP contribution >= 0.6 is 0 Å². The molecule has 2 saturated carbocycles. The van der Waals surface area contributed by atoms with Crippen LogP contribution in [0.25, 0.3) is 0 Å². The van der Waals surface area contributed by atoms with Gasteiger partial charge in [-0.15, -0.1) is 0 Å². The van der Waals surface area contributed by atoms with Crippen LogP contribution in [0.4, 0.5) is 0 Å². The molecule has 4 unspecified atom stereocenters. The van der Waals surface area contributed by atoms with Crippen molar-refractivity contribution in [1.82, 2.24) is 0 Å². The number of ether oxygens (including phenoxy) is 6. The van der Waals surface area contributed by atoms with E-state index in [2.05, 4.69) is 48.5 Å². The fourth-order valence-electron chi connectivity index (χ4n) is 7.07. The van der Waals surface area contributed by atoms with Crippen molar-refractivity contribution in [2.75, 3.05) is 0 Å². The topological polar surface area (TPSA) is 55.4 Å². The molecule has 0 amide bonds. The molecular formula is C40H44O6. The Kier molecular flexibility index (Phi) is 10.2. The van der Waals surface area contributed by atoms with Crippen molar-refractivity contribution in [1.29, 1.82) is 0 Å². The predicted molar refractivity (Wildman–Crippen MR) is 176 cm³/mol. The lowest BCUT2D eigenvalue weighted by Gasteiger charge is -2.46. The van der Waals surface area contributed by atoms with E-state index < -0.39 is 30.2 Å². The molecule has 46 heavy (non-hydrogen) atoms. The molecule has 6 atom stereocenters. The summed E-state index contributed by atoms with van der Waals surface area (Å²) in [7, 11) is 0. The first kappa shape index (κ1) is 31.3. The Morgan fingerprint density at radius 3 is 1.04 bits per heavy atom. The van der Waals surface area contributed by atoms with E-state index in [0.717, 1.165) is 47.9 Å². The Labute approximate surface area is 272 Å². The summed E-state index contributed by atoms with van der Waals surface area (Å²) in [6, 6.07) is 41.1. The number of rotatable bonds is 12. The first-order valence-corrected chi connectivity index (χ1v) is 16.7. The first-order valence-electron chi connectivity index (χ1n) is 16.7. The Morgan fingerprint density at radius 1 is 0.413 bits per heavy atom. The SMILES string of the molecule is c1ccc(COC2C(OCc3ccccc3)[C@@H]3OC4(CCCCC4)OC3C(OCc3ccccc3)[C@@H]2OCc2ccccc2)cc1. The van der Waals surface area contributed by atoms with E-state index in [0.29, 0.717) is 26.4 Å². The Balaban J connectivity index is 1.25. The first-order chi connectivity index (χ1) is 22.8. The van der Waals surface area contributed by atoms with Crippen molar-refractivity contribution in [3.8, 4) is 0 Å². The van der Waals surface area contributed by atoms with Gasteiger partial charge in [0.2, 0.25) is 0 Å². The standard InChI is InChI=1S/C40H44O6/c1-6-16-30(17-7-1)26-41-34-35(42-27-31-18-8-2-9-19-31)37(44-29-33-22-12-4-13-23-33)39-38(45-40(46-39)24-14-5-15-25-40)36(34)43-28-32-20-10-3-11-21-32/h1-4,6-13,16-23,34-39H,5,14-15,24-29H2/t34-,35?,36?,37?,38?,39+/m1/s1. The highest BCUT2D eigenvalue weighted by Gasteiger charge is 2.62. The van der Waals surface area contributed by atoms with Crippen LogP contribution in [0, 0.1) is 0 Å². The second-order valence-electron chi connectivity index (χ2n) is 12.7. The van der Waals surface area contributed by atoms with Crippen molar-refractivity contribution >= 4 is 0 Å². The van der Waals surface area contributed by atoms with Crippen LogP contribution in [0.3, 0.4) is 0 Å². The van der Waals surface area contributed by atoms with Gasteiger partial charge in [0, 0.05) is 12.8 Å². The highest BCUT2D eigenvalue weighted by Crippen LogP contribution is 2.47. The number of hydrogen-bond donors (Lipinski definition) is 0.